The zero-order valence-electron chi connectivity index (χ0n) is 8.19. The molecule has 1 aromatic carbocycles. The number of carboxylic acids is 1. The maximum Gasteiger partial charge on any atom is 0.307 e. The van der Waals surface area contributed by atoms with Crippen molar-refractivity contribution in [1.29, 1.82) is 0 Å². The van der Waals surface area contributed by atoms with Gasteiger partial charge < -0.3 is 14.3 Å². The number of carboxylic acid groups (broad SMARTS) is 1. The van der Waals surface area contributed by atoms with Crippen molar-refractivity contribution in [2.45, 2.75) is 6.42 Å². The van der Waals surface area contributed by atoms with Crippen molar-refractivity contribution < 1.29 is 19.1 Å². The lowest BCUT2D eigenvalue weighted by Crippen LogP contribution is -2.00. The van der Waals surface area contributed by atoms with E-state index in [0.717, 1.165) is 10.9 Å². The summed E-state index contributed by atoms with van der Waals surface area (Å²) in [6, 6.07) is 5.20. The zero-order valence-corrected chi connectivity index (χ0v) is 8.19. The van der Waals surface area contributed by atoms with Crippen molar-refractivity contribution >= 4 is 16.9 Å². The molecule has 0 unspecified atom stereocenters. The quantitative estimate of drug-likeness (QED) is 0.835. The van der Waals surface area contributed by atoms with Crippen LogP contribution < -0.4 is 4.74 Å². The Kier molecular flexibility index (Phi) is 2.33. The highest BCUT2D eigenvalue weighted by atomic mass is 16.5. The first-order chi connectivity index (χ1) is 7.22. The Morgan fingerprint density at radius 3 is 2.93 bits per heavy atom. The number of furan rings is 1. The first kappa shape index (κ1) is 9.58. The molecule has 78 valence electrons. The standard InChI is InChI=1S/C11H10O4/c1-14-9-3-2-7(6-10(12)13)8-4-5-15-11(8)9/h2-5H,6H2,1H3,(H,12,13). The number of aliphatic carboxylic acids is 1. The van der Waals surface area contributed by atoms with Crippen LogP contribution in [0.1, 0.15) is 5.56 Å². The van der Waals surface area contributed by atoms with Crippen LogP contribution in [0.3, 0.4) is 0 Å². The number of hydrogen-bond acceptors (Lipinski definition) is 3. The van der Waals surface area contributed by atoms with Crippen LogP contribution >= 0.6 is 0 Å². The third-order valence-electron chi connectivity index (χ3n) is 2.23. The molecule has 0 aliphatic heterocycles. The predicted octanol–water partition coefficient (Wildman–Crippen LogP) is 2.07. The minimum atomic E-state index is -0.859. The molecule has 0 atom stereocenters. The summed E-state index contributed by atoms with van der Waals surface area (Å²) in [5, 5.41) is 9.52. The Morgan fingerprint density at radius 1 is 1.47 bits per heavy atom. The fraction of sp³-hybridized carbons (Fsp3) is 0.182. The van der Waals surface area contributed by atoms with Gasteiger partial charge in [0, 0.05) is 5.39 Å². The van der Waals surface area contributed by atoms with Crippen LogP contribution in [0.25, 0.3) is 11.0 Å². The Morgan fingerprint density at radius 2 is 2.27 bits per heavy atom. The summed E-state index contributed by atoms with van der Waals surface area (Å²) in [6.45, 7) is 0. The Hall–Kier alpha value is -1.97. The van der Waals surface area contributed by atoms with E-state index in [1.165, 1.54) is 6.26 Å². The molecule has 1 N–H and O–H groups in total. The van der Waals surface area contributed by atoms with Crippen molar-refractivity contribution in [3.63, 3.8) is 0 Å². The molecule has 4 nitrogen and oxygen atoms in total. The predicted molar refractivity (Wildman–Crippen MR) is 54.1 cm³/mol. The van der Waals surface area contributed by atoms with Crippen molar-refractivity contribution in [2.24, 2.45) is 0 Å². The van der Waals surface area contributed by atoms with Gasteiger partial charge in [-0.1, -0.05) is 6.07 Å². The van der Waals surface area contributed by atoms with Crippen LogP contribution in [-0.2, 0) is 11.2 Å². The van der Waals surface area contributed by atoms with E-state index < -0.39 is 5.97 Å². The van der Waals surface area contributed by atoms with Crippen molar-refractivity contribution in [1.82, 2.24) is 0 Å². The molecule has 0 aliphatic rings. The summed E-state index contributed by atoms with van der Waals surface area (Å²) < 4.78 is 10.3. The molecule has 0 bridgehead atoms. The fourth-order valence-corrected chi connectivity index (χ4v) is 1.57. The summed E-state index contributed by atoms with van der Waals surface area (Å²) in [6.07, 6.45) is 1.51. The average molecular weight is 206 g/mol. The molecule has 0 saturated carbocycles. The van der Waals surface area contributed by atoms with Crippen LogP contribution in [0.2, 0.25) is 0 Å². The molecule has 0 aliphatic carbocycles. The van der Waals surface area contributed by atoms with Crippen LogP contribution in [0.5, 0.6) is 5.75 Å². The highest BCUT2D eigenvalue weighted by Gasteiger charge is 2.11. The Labute approximate surface area is 86.1 Å². The topological polar surface area (TPSA) is 59.7 Å². The van der Waals surface area contributed by atoms with Gasteiger partial charge in [0.1, 0.15) is 0 Å². The van der Waals surface area contributed by atoms with Gasteiger partial charge in [0.15, 0.2) is 11.3 Å². The van der Waals surface area contributed by atoms with E-state index in [1.807, 2.05) is 0 Å². The van der Waals surface area contributed by atoms with E-state index in [9.17, 15) is 4.79 Å². The van der Waals surface area contributed by atoms with Crippen LogP contribution in [0, 0.1) is 0 Å². The minimum Gasteiger partial charge on any atom is -0.493 e. The Balaban J connectivity index is 2.58. The van der Waals surface area contributed by atoms with Gasteiger partial charge in [0.05, 0.1) is 19.8 Å². The second-order valence-electron chi connectivity index (χ2n) is 3.16. The molecule has 1 aromatic heterocycles. The van der Waals surface area contributed by atoms with Crippen molar-refractivity contribution in [2.75, 3.05) is 7.11 Å². The van der Waals surface area contributed by atoms with Gasteiger partial charge in [-0.2, -0.15) is 0 Å². The zero-order chi connectivity index (χ0) is 10.8. The lowest BCUT2D eigenvalue weighted by molar-refractivity contribution is -0.136. The van der Waals surface area contributed by atoms with E-state index in [1.54, 1.807) is 25.3 Å². The first-order valence-electron chi connectivity index (χ1n) is 4.47. The second kappa shape index (κ2) is 3.65. The van der Waals surface area contributed by atoms with Crippen LogP contribution in [-0.4, -0.2) is 18.2 Å². The van der Waals surface area contributed by atoms with E-state index in [0.29, 0.717) is 11.3 Å². The highest BCUT2D eigenvalue weighted by molar-refractivity contribution is 5.89. The van der Waals surface area contributed by atoms with E-state index in [-0.39, 0.29) is 6.42 Å². The molecular formula is C11H10O4. The van der Waals surface area contributed by atoms with Gasteiger partial charge >= 0.3 is 5.97 Å². The number of methoxy groups -OCH3 is 1. The highest BCUT2D eigenvalue weighted by Crippen LogP contribution is 2.29. The van der Waals surface area contributed by atoms with Gasteiger partial charge in [0.25, 0.3) is 0 Å². The molecule has 15 heavy (non-hydrogen) atoms. The van der Waals surface area contributed by atoms with E-state index >= 15 is 0 Å². The summed E-state index contributed by atoms with van der Waals surface area (Å²) in [5.41, 5.74) is 1.32. The number of benzene rings is 1. The largest absolute Gasteiger partial charge is 0.493 e. The SMILES string of the molecule is COc1ccc(CC(=O)O)c2ccoc12. The average Bonchev–Trinajstić information content (AvgIpc) is 2.66. The van der Waals surface area contributed by atoms with Crippen molar-refractivity contribution in [3.8, 4) is 5.75 Å². The first-order valence-corrected chi connectivity index (χ1v) is 4.47. The van der Waals surface area contributed by atoms with Gasteiger partial charge in [-0.15, -0.1) is 0 Å². The Bertz CT molecular complexity index is 498. The molecular weight excluding hydrogens is 196 g/mol. The number of rotatable bonds is 3. The molecule has 2 aromatic rings. The molecule has 2 rings (SSSR count). The lowest BCUT2D eigenvalue weighted by atomic mass is 10.1. The number of ether oxygens (including phenoxy) is 1. The minimum absolute atomic E-state index is 0.0139. The third-order valence-corrected chi connectivity index (χ3v) is 2.23. The van der Waals surface area contributed by atoms with Gasteiger partial charge in [0.2, 0.25) is 0 Å². The third kappa shape index (κ3) is 1.66. The van der Waals surface area contributed by atoms with E-state index in [4.69, 9.17) is 14.3 Å². The molecule has 4 heteroatoms. The normalized spacial score (nSPS) is 10.5. The van der Waals surface area contributed by atoms with Gasteiger partial charge in [-0.25, -0.2) is 0 Å². The molecule has 0 fully saturated rings. The molecule has 1 heterocycles. The number of carbonyl (C=O) groups is 1. The maximum atomic E-state index is 10.6. The molecule has 0 amide bonds. The summed E-state index contributed by atoms with van der Waals surface area (Å²) in [7, 11) is 1.55. The summed E-state index contributed by atoms with van der Waals surface area (Å²) in [4.78, 5) is 10.6. The summed E-state index contributed by atoms with van der Waals surface area (Å²) in [5.74, 6) is -0.244. The monoisotopic (exact) mass is 206 g/mol. The van der Waals surface area contributed by atoms with Gasteiger partial charge in [-0.3, -0.25) is 4.79 Å². The molecule has 0 saturated heterocycles. The van der Waals surface area contributed by atoms with E-state index in [2.05, 4.69) is 0 Å². The van der Waals surface area contributed by atoms with Gasteiger partial charge in [-0.05, 0) is 17.7 Å². The summed E-state index contributed by atoms with van der Waals surface area (Å²) >= 11 is 0. The van der Waals surface area contributed by atoms with Crippen LogP contribution in [0.15, 0.2) is 28.9 Å². The number of hydrogen-bond donors (Lipinski definition) is 1. The molecule has 0 spiro atoms. The number of fused-ring (bicyclic) bond motifs is 1. The maximum absolute atomic E-state index is 10.6. The fourth-order valence-electron chi connectivity index (χ4n) is 1.57. The second-order valence-corrected chi connectivity index (χ2v) is 3.16. The lowest BCUT2D eigenvalue weighted by Gasteiger charge is -2.03. The molecule has 0 radical (unpaired) electrons. The smallest absolute Gasteiger partial charge is 0.307 e. The van der Waals surface area contributed by atoms with Crippen LogP contribution in [0.4, 0.5) is 0 Å². The van der Waals surface area contributed by atoms with Crippen molar-refractivity contribution in [3.05, 3.63) is 30.0 Å².